The summed E-state index contributed by atoms with van der Waals surface area (Å²) < 4.78 is 5.74. The highest BCUT2D eigenvalue weighted by Gasteiger charge is 2.17. The molecule has 2 aromatic carbocycles. The average molecular weight is 311 g/mol. The molecule has 0 saturated carbocycles. The summed E-state index contributed by atoms with van der Waals surface area (Å²) in [4.78, 5) is 15.3. The fourth-order valence-electron chi connectivity index (χ4n) is 2.38. The number of anilines is 1. The molecule has 118 valence electrons. The Bertz CT molecular complexity index is 871. The standard InChI is InChI=1S/C17H17N3O3/c1-3-8-18-13-7-5-12(10-15(13)20(21)22)17-19-14-6-4-11(2)9-16(14)23-17/h4-7,9-10,18H,3,8H2,1-2H3. The zero-order valence-corrected chi connectivity index (χ0v) is 13.0. The van der Waals surface area contributed by atoms with Crippen LogP contribution in [0.1, 0.15) is 18.9 Å². The Hall–Kier alpha value is -2.89. The third-order valence-electron chi connectivity index (χ3n) is 3.55. The van der Waals surface area contributed by atoms with E-state index in [-0.39, 0.29) is 5.69 Å². The first-order valence-electron chi connectivity index (χ1n) is 7.48. The van der Waals surface area contributed by atoms with Crippen LogP contribution >= 0.6 is 0 Å². The first kappa shape index (κ1) is 15.0. The lowest BCUT2D eigenvalue weighted by molar-refractivity contribution is -0.383. The number of rotatable bonds is 5. The Morgan fingerprint density at radius 2 is 2.09 bits per heavy atom. The Morgan fingerprint density at radius 1 is 1.26 bits per heavy atom. The number of fused-ring (bicyclic) bond motifs is 1. The van der Waals surface area contributed by atoms with E-state index in [1.807, 2.05) is 32.0 Å². The van der Waals surface area contributed by atoms with E-state index < -0.39 is 4.92 Å². The molecule has 0 amide bonds. The molecule has 0 atom stereocenters. The second-order valence-corrected chi connectivity index (χ2v) is 5.41. The number of nitro groups is 1. The summed E-state index contributed by atoms with van der Waals surface area (Å²) >= 11 is 0. The molecular weight excluding hydrogens is 294 g/mol. The van der Waals surface area contributed by atoms with Gasteiger partial charge in [0.2, 0.25) is 5.89 Å². The van der Waals surface area contributed by atoms with Gasteiger partial charge in [-0.1, -0.05) is 13.0 Å². The number of nitrogens with one attached hydrogen (secondary N) is 1. The molecule has 3 aromatic rings. The molecule has 6 nitrogen and oxygen atoms in total. The number of aromatic nitrogens is 1. The first-order chi connectivity index (χ1) is 11.1. The van der Waals surface area contributed by atoms with Crippen LogP contribution in [0.15, 0.2) is 40.8 Å². The van der Waals surface area contributed by atoms with Gasteiger partial charge in [0.05, 0.1) is 4.92 Å². The van der Waals surface area contributed by atoms with Gasteiger partial charge in [-0.25, -0.2) is 4.98 Å². The Kier molecular flexibility index (Phi) is 3.97. The van der Waals surface area contributed by atoms with Crippen LogP contribution in [0.25, 0.3) is 22.6 Å². The Balaban J connectivity index is 2.04. The van der Waals surface area contributed by atoms with Crippen molar-refractivity contribution in [1.29, 1.82) is 0 Å². The summed E-state index contributed by atoms with van der Waals surface area (Å²) in [5.74, 6) is 0.385. The molecule has 0 radical (unpaired) electrons. The second-order valence-electron chi connectivity index (χ2n) is 5.41. The molecule has 0 spiro atoms. The van der Waals surface area contributed by atoms with Crippen LogP contribution in [-0.2, 0) is 0 Å². The highest BCUT2D eigenvalue weighted by atomic mass is 16.6. The Morgan fingerprint density at radius 3 is 2.83 bits per heavy atom. The van der Waals surface area contributed by atoms with Crippen molar-refractivity contribution in [3.05, 3.63) is 52.1 Å². The van der Waals surface area contributed by atoms with Crippen LogP contribution in [-0.4, -0.2) is 16.5 Å². The highest BCUT2D eigenvalue weighted by molar-refractivity contribution is 5.78. The minimum atomic E-state index is -0.395. The fourth-order valence-corrected chi connectivity index (χ4v) is 2.38. The van der Waals surface area contributed by atoms with Crippen molar-refractivity contribution in [2.75, 3.05) is 11.9 Å². The van der Waals surface area contributed by atoms with Gasteiger partial charge in [0.25, 0.3) is 5.69 Å². The summed E-state index contributed by atoms with van der Waals surface area (Å²) in [6, 6.07) is 10.7. The third kappa shape index (κ3) is 3.01. The molecule has 1 aromatic heterocycles. The Labute approximate surface area is 133 Å². The molecule has 6 heteroatoms. The number of nitrogens with zero attached hydrogens (tertiary/aromatic N) is 2. The lowest BCUT2D eigenvalue weighted by atomic mass is 10.1. The minimum absolute atomic E-state index is 0.0226. The zero-order chi connectivity index (χ0) is 16.4. The smallest absolute Gasteiger partial charge is 0.293 e. The van der Waals surface area contributed by atoms with Crippen LogP contribution in [0.2, 0.25) is 0 Å². The molecule has 1 heterocycles. The SMILES string of the molecule is CCCNc1ccc(-c2nc3ccc(C)cc3o2)cc1[N+](=O)[O-]. The van der Waals surface area contributed by atoms with E-state index >= 15 is 0 Å². The number of oxazole rings is 1. The van der Waals surface area contributed by atoms with E-state index in [9.17, 15) is 10.1 Å². The summed E-state index contributed by atoms with van der Waals surface area (Å²) in [6.45, 7) is 4.66. The highest BCUT2D eigenvalue weighted by Crippen LogP contribution is 2.32. The normalized spacial score (nSPS) is 10.9. The lowest BCUT2D eigenvalue weighted by Crippen LogP contribution is -2.03. The molecule has 23 heavy (non-hydrogen) atoms. The molecule has 0 aliphatic heterocycles. The first-order valence-corrected chi connectivity index (χ1v) is 7.48. The van der Waals surface area contributed by atoms with Gasteiger partial charge in [-0.2, -0.15) is 0 Å². The topological polar surface area (TPSA) is 81.2 Å². The fraction of sp³-hybridized carbons (Fsp3) is 0.235. The van der Waals surface area contributed by atoms with Crippen LogP contribution in [0.5, 0.6) is 0 Å². The largest absolute Gasteiger partial charge is 0.436 e. The summed E-state index contributed by atoms with van der Waals surface area (Å²) in [6.07, 6.45) is 0.892. The second kappa shape index (κ2) is 6.08. The maximum atomic E-state index is 11.3. The van der Waals surface area contributed by atoms with Crippen molar-refractivity contribution in [2.24, 2.45) is 0 Å². The van der Waals surface area contributed by atoms with Gasteiger partial charge >= 0.3 is 0 Å². The van der Waals surface area contributed by atoms with Gasteiger partial charge in [-0.05, 0) is 43.2 Å². The predicted molar refractivity (Wildman–Crippen MR) is 89.6 cm³/mol. The van der Waals surface area contributed by atoms with Gasteiger partial charge in [0, 0.05) is 18.2 Å². The predicted octanol–water partition coefficient (Wildman–Crippen LogP) is 4.53. The molecule has 0 bridgehead atoms. The van der Waals surface area contributed by atoms with Crippen molar-refractivity contribution < 1.29 is 9.34 Å². The lowest BCUT2D eigenvalue weighted by Gasteiger charge is -2.06. The minimum Gasteiger partial charge on any atom is -0.436 e. The van der Waals surface area contributed by atoms with Gasteiger partial charge < -0.3 is 9.73 Å². The van der Waals surface area contributed by atoms with E-state index in [1.165, 1.54) is 6.07 Å². The van der Waals surface area contributed by atoms with Crippen LogP contribution in [0.4, 0.5) is 11.4 Å². The summed E-state index contributed by atoms with van der Waals surface area (Å²) in [5.41, 5.74) is 3.61. The number of hydrogen-bond acceptors (Lipinski definition) is 5. The third-order valence-corrected chi connectivity index (χ3v) is 3.55. The van der Waals surface area contributed by atoms with Crippen molar-refractivity contribution >= 4 is 22.5 Å². The van der Waals surface area contributed by atoms with Crippen molar-refractivity contribution in [3.63, 3.8) is 0 Å². The molecule has 1 N–H and O–H groups in total. The van der Waals surface area contributed by atoms with E-state index in [1.54, 1.807) is 12.1 Å². The molecule has 0 aliphatic carbocycles. The molecule has 0 unspecified atom stereocenters. The maximum absolute atomic E-state index is 11.3. The summed E-state index contributed by atoms with van der Waals surface area (Å²) in [5, 5.41) is 14.4. The molecule has 0 fully saturated rings. The van der Waals surface area contributed by atoms with E-state index in [4.69, 9.17) is 4.42 Å². The van der Waals surface area contributed by atoms with Crippen molar-refractivity contribution in [2.45, 2.75) is 20.3 Å². The molecular formula is C17H17N3O3. The monoisotopic (exact) mass is 311 g/mol. The zero-order valence-electron chi connectivity index (χ0n) is 13.0. The number of nitro benzene ring substituents is 1. The van der Waals surface area contributed by atoms with Crippen molar-refractivity contribution in [1.82, 2.24) is 4.98 Å². The molecule has 0 aliphatic rings. The van der Waals surface area contributed by atoms with Gasteiger partial charge in [-0.3, -0.25) is 10.1 Å². The van der Waals surface area contributed by atoms with Gasteiger partial charge in [-0.15, -0.1) is 0 Å². The average Bonchev–Trinajstić information content (AvgIpc) is 2.95. The molecule has 3 rings (SSSR count). The maximum Gasteiger partial charge on any atom is 0.293 e. The van der Waals surface area contributed by atoms with Gasteiger partial charge in [0.15, 0.2) is 5.58 Å². The van der Waals surface area contributed by atoms with Crippen LogP contribution in [0, 0.1) is 17.0 Å². The molecule has 0 saturated heterocycles. The quantitative estimate of drug-likeness (QED) is 0.553. The van der Waals surface area contributed by atoms with E-state index in [0.717, 1.165) is 17.5 Å². The van der Waals surface area contributed by atoms with Crippen molar-refractivity contribution in [3.8, 4) is 11.5 Å². The van der Waals surface area contributed by atoms with E-state index in [2.05, 4.69) is 10.3 Å². The van der Waals surface area contributed by atoms with Gasteiger partial charge in [0.1, 0.15) is 11.2 Å². The number of hydrogen-bond donors (Lipinski definition) is 1. The van der Waals surface area contributed by atoms with Crippen LogP contribution < -0.4 is 5.32 Å². The summed E-state index contributed by atoms with van der Waals surface area (Å²) in [7, 11) is 0. The number of aryl methyl sites for hydroxylation is 1. The number of benzene rings is 2. The van der Waals surface area contributed by atoms with Crippen LogP contribution in [0.3, 0.4) is 0 Å². The van der Waals surface area contributed by atoms with E-state index in [0.29, 0.717) is 29.3 Å².